The molecule has 1 saturated carbocycles. The molecule has 0 spiro atoms. The zero-order valence-corrected chi connectivity index (χ0v) is 8.28. The van der Waals surface area contributed by atoms with Gasteiger partial charge in [-0.15, -0.1) is 0 Å². The van der Waals surface area contributed by atoms with E-state index in [-0.39, 0.29) is 0 Å². The highest BCUT2D eigenvalue weighted by Gasteiger charge is 2.35. The average molecular weight is 152 g/mol. The van der Waals surface area contributed by atoms with Crippen LogP contribution in [0.25, 0.3) is 0 Å². The highest BCUT2D eigenvalue weighted by Crippen LogP contribution is 2.45. The summed E-state index contributed by atoms with van der Waals surface area (Å²) in [7, 11) is 0. The Kier molecular flexibility index (Phi) is 2.13. The third-order valence-electron chi connectivity index (χ3n) is 3.69. The third kappa shape index (κ3) is 1.36. The molecule has 1 aliphatic rings. The maximum atomic E-state index is 4.20. The van der Waals surface area contributed by atoms with Gasteiger partial charge < -0.3 is 0 Å². The number of hydrogen-bond acceptors (Lipinski definition) is 0. The second-order valence-electron chi connectivity index (χ2n) is 4.63. The Balaban J connectivity index is 2.81. The van der Waals surface area contributed by atoms with Crippen LogP contribution in [0, 0.1) is 17.3 Å². The van der Waals surface area contributed by atoms with Gasteiger partial charge in [0, 0.05) is 0 Å². The second-order valence-corrected chi connectivity index (χ2v) is 4.63. The van der Waals surface area contributed by atoms with Gasteiger partial charge in [-0.05, 0) is 30.1 Å². The summed E-state index contributed by atoms with van der Waals surface area (Å²) in [5, 5.41) is 0. The highest BCUT2D eigenvalue weighted by molar-refractivity contribution is 5.14. The summed E-state index contributed by atoms with van der Waals surface area (Å²) in [5.74, 6) is 1.55. The van der Waals surface area contributed by atoms with Crippen molar-refractivity contribution in [3.05, 3.63) is 12.2 Å². The van der Waals surface area contributed by atoms with Gasteiger partial charge in [0.15, 0.2) is 0 Å². The summed E-state index contributed by atoms with van der Waals surface area (Å²) in [5.41, 5.74) is 1.83. The first-order valence-corrected chi connectivity index (χ1v) is 4.65. The molecule has 0 aromatic carbocycles. The predicted molar refractivity (Wildman–Crippen MR) is 50.5 cm³/mol. The largest absolute Gasteiger partial charge is 0.0990 e. The first kappa shape index (κ1) is 8.83. The second kappa shape index (κ2) is 2.66. The first-order chi connectivity index (χ1) is 4.96. The van der Waals surface area contributed by atoms with E-state index in [0.29, 0.717) is 5.41 Å². The Morgan fingerprint density at radius 2 is 1.82 bits per heavy atom. The molecule has 1 aliphatic carbocycles. The lowest BCUT2D eigenvalue weighted by Gasteiger charge is -2.42. The average Bonchev–Trinajstić information content (AvgIpc) is 1.95. The Hall–Kier alpha value is -0.260. The van der Waals surface area contributed by atoms with Gasteiger partial charge in [-0.1, -0.05) is 39.8 Å². The van der Waals surface area contributed by atoms with Crippen LogP contribution in [0.2, 0.25) is 0 Å². The van der Waals surface area contributed by atoms with Gasteiger partial charge in [0.25, 0.3) is 0 Å². The lowest BCUT2D eigenvalue weighted by atomic mass is 9.63. The molecule has 1 rings (SSSR count). The van der Waals surface area contributed by atoms with E-state index in [4.69, 9.17) is 0 Å². The lowest BCUT2D eigenvalue weighted by Crippen LogP contribution is -2.31. The van der Waals surface area contributed by atoms with E-state index < -0.39 is 0 Å². The highest BCUT2D eigenvalue weighted by atomic mass is 14.4. The molecule has 11 heavy (non-hydrogen) atoms. The van der Waals surface area contributed by atoms with Crippen LogP contribution in [-0.2, 0) is 0 Å². The van der Waals surface area contributed by atoms with Crippen molar-refractivity contribution in [2.24, 2.45) is 17.3 Å². The van der Waals surface area contributed by atoms with Crippen molar-refractivity contribution in [1.29, 1.82) is 0 Å². The van der Waals surface area contributed by atoms with Gasteiger partial charge in [0.1, 0.15) is 0 Å². The molecule has 0 heteroatoms. The van der Waals surface area contributed by atoms with E-state index in [1.165, 1.54) is 18.4 Å². The molecule has 0 aliphatic heterocycles. The quantitative estimate of drug-likeness (QED) is 0.465. The summed E-state index contributed by atoms with van der Waals surface area (Å²) in [6.45, 7) is 13.5. The van der Waals surface area contributed by atoms with Gasteiger partial charge in [0.2, 0.25) is 0 Å². The van der Waals surface area contributed by atoms with Crippen LogP contribution in [-0.4, -0.2) is 0 Å². The topological polar surface area (TPSA) is 0 Å². The smallest absolute Gasteiger partial charge is 0.0119 e. The minimum Gasteiger partial charge on any atom is -0.0990 e. The van der Waals surface area contributed by atoms with E-state index >= 15 is 0 Å². The Bertz CT molecular complexity index is 165. The number of allylic oxidation sites excluding steroid dienone is 1. The van der Waals surface area contributed by atoms with E-state index in [0.717, 1.165) is 11.8 Å². The molecule has 64 valence electrons. The molecule has 2 atom stereocenters. The monoisotopic (exact) mass is 152 g/mol. The number of hydrogen-bond donors (Lipinski definition) is 0. The van der Waals surface area contributed by atoms with Crippen LogP contribution in [0.4, 0.5) is 0 Å². The normalized spacial score (nSPS) is 37.3. The van der Waals surface area contributed by atoms with Crippen LogP contribution in [0.15, 0.2) is 12.2 Å². The fraction of sp³-hybridized carbons (Fsp3) is 0.818. The molecule has 0 aromatic heterocycles. The Labute approximate surface area is 70.7 Å². The van der Waals surface area contributed by atoms with Crippen molar-refractivity contribution in [3.8, 4) is 0 Å². The molecule has 0 N–H and O–H groups in total. The van der Waals surface area contributed by atoms with Crippen LogP contribution >= 0.6 is 0 Å². The lowest BCUT2D eigenvalue weighted by molar-refractivity contribution is 0.196. The molecule has 0 radical (unpaired) electrons. The molecule has 0 nitrogen and oxygen atoms in total. The van der Waals surface area contributed by atoms with E-state index in [1.54, 1.807) is 0 Å². The zero-order valence-electron chi connectivity index (χ0n) is 8.28. The summed E-state index contributed by atoms with van der Waals surface area (Å²) >= 11 is 0. The van der Waals surface area contributed by atoms with Crippen LogP contribution < -0.4 is 0 Å². The van der Waals surface area contributed by atoms with Gasteiger partial charge in [-0.25, -0.2) is 0 Å². The molecular formula is C11H20. The molecule has 0 unspecified atom stereocenters. The molecule has 0 saturated heterocycles. The SMILES string of the molecule is C=C1[C@@H](C)CC[C@H](C)C1(C)C. The van der Waals surface area contributed by atoms with Gasteiger partial charge in [0.05, 0.1) is 0 Å². The van der Waals surface area contributed by atoms with Gasteiger partial charge in [-0.2, -0.15) is 0 Å². The molecule has 0 heterocycles. The maximum Gasteiger partial charge on any atom is -0.0119 e. The molecule has 1 fully saturated rings. The molecular weight excluding hydrogens is 132 g/mol. The van der Waals surface area contributed by atoms with E-state index in [2.05, 4.69) is 34.3 Å². The summed E-state index contributed by atoms with van der Waals surface area (Å²) in [6, 6.07) is 0. The van der Waals surface area contributed by atoms with E-state index in [9.17, 15) is 0 Å². The van der Waals surface area contributed by atoms with Gasteiger partial charge >= 0.3 is 0 Å². The minimum absolute atomic E-state index is 0.373. The first-order valence-electron chi connectivity index (χ1n) is 4.65. The standard InChI is InChI=1S/C11H20/c1-8-6-7-9(2)11(4,5)10(8)3/h8-9H,3,6-7H2,1-2,4-5H3/t8-,9-/m0/s1. The number of rotatable bonds is 0. The van der Waals surface area contributed by atoms with Crippen LogP contribution in [0.1, 0.15) is 40.5 Å². The van der Waals surface area contributed by atoms with Crippen molar-refractivity contribution < 1.29 is 0 Å². The molecule has 0 bridgehead atoms. The van der Waals surface area contributed by atoms with Crippen molar-refractivity contribution in [2.75, 3.05) is 0 Å². The predicted octanol–water partition coefficient (Wildman–Crippen LogP) is 3.63. The van der Waals surface area contributed by atoms with Crippen molar-refractivity contribution in [2.45, 2.75) is 40.5 Å². The zero-order chi connectivity index (χ0) is 8.65. The van der Waals surface area contributed by atoms with E-state index in [1.807, 2.05) is 0 Å². The van der Waals surface area contributed by atoms with Crippen molar-refractivity contribution in [1.82, 2.24) is 0 Å². The fourth-order valence-electron chi connectivity index (χ4n) is 1.99. The summed E-state index contributed by atoms with van der Waals surface area (Å²) < 4.78 is 0. The van der Waals surface area contributed by atoms with Crippen molar-refractivity contribution in [3.63, 3.8) is 0 Å². The Morgan fingerprint density at radius 1 is 1.27 bits per heavy atom. The van der Waals surface area contributed by atoms with Gasteiger partial charge in [-0.3, -0.25) is 0 Å². The molecule has 0 amide bonds. The minimum atomic E-state index is 0.373. The third-order valence-corrected chi connectivity index (χ3v) is 3.69. The van der Waals surface area contributed by atoms with Crippen LogP contribution in [0.5, 0.6) is 0 Å². The Morgan fingerprint density at radius 3 is 2.27 bits per heavy atom. The summed E-state index contributed by atoms with van der Waals surface area (Å²) in [4.78, 5) is 0. The molecule has 0 aromatic rings. The fourth-order valence-corrected chi connectivity index (χ4v) is 1.99. The van der Waals surface area contributed by atoms with Crippen molar-refractivity contribution >= 4 is 0 Å². The summed E-state index contributed by atoms with van der Waals surface area (Å²) in [6.07, 6.45) is 2.70. The maximum absolute atomic E-state index is 4.20. The van der Waals surface area contributed by atoms with Crippen LogP contribution in [0.3, 0.4) is 0 Å².